The average molecular weight is 300 g/mol. The Balaban J connectivity index is 1.73. The SMILES string of the molecule is COC(=O)C1[CH]C2[CH]C3C4C=CC(C4)C3C(=O)C2=C(O)C1=O. The van der Waals surface area contributed by atoms with Crippen molar-refractivity contribution < 1.29 is 24.2 Å². The lowest BCUT2D eigenvalue weighted by atomic mass is 9.62. The molecule has 0 aromatic rings. The van der Waals surface area contributed by atoms with Gasteiger partial charge in [-0.25, -0.2) is 0 Å². The first-order valence-corrected chi connectivity index (χ1v) is 7.50. The summed E-state index contributed by atoms with van der Waals surface area (Å²) in [6.07, 6.45) is 8.73. The standard InChI is InChI=1S/C17H16O5/c1-22-17(21)11-6-9-5-10-7-2-3-8(4-7)12(10)15(19)13(9)16(20)14(11)18/h2-3,5-12,20H,4H2,1H3. The van der Waals surface area contributed by atoms with Gasteiger partial charge < -0.3 is 9.84 Å². The Kier molecular flexibility index (Phi) is 2.83. The highest BCUT2D eigenvalue weighted by Gasteiger charge is 2.56. The van der Waals surface area contributed by atoms with E-state index in [2.05, 4.69) is 16.9 Å². The molecule has 0 aromatic heterocycles. The molecule has 2 fully saturated rings. The lowest BCUT2D eigenvalue weighted by Gasteiger charge is -2.40. The number of esters is 1. The van der Waals surface area contributed by atoms with Gasteiger partial charge in [0.05, 0.1) is 7.11 Å². The molecule has 2 saturated carbocycles. The first kappa shape index (κ1) is 13.7. The molecule has 0 aliphatic heterocycles. The molecule has 4 aliphatic carbocycles. The van der Waals surface area contributed by atoms with E-state index < -0.39 is 29.3 Å². The molecule has 4 aliphatic rings. The van der Waals surface area contributed by atoms with Crippen LogP contribution in [-0.2, 0) is 19.1 Å². The van der Waals surface area contributed by atoms with Crippen LogP contribution in [0.1, 0.15) is 6.42 Å². The molecule has 5 nitrogen and oxygen atoms in total. The van der Waals surface area contributed by atoms with Crippen molar-refractivity contribution in [2.45, 2.75) is 6.42 Å². The molecule has 114 valence electrons. The van der Waals surface area contributed by atoms with Crippen LogP contribution >= 0.6 is 0 Å². The van der Waals surface area contributed by atoms with Crippen molar-refractivity contribution in [1.29, 1.82) is 0 Å². The molecule has 6 unspecified atom stereocenters. The largest absolute Gasteiger partial charge is 0.504 e. The van der Waals surface area contributed by atoms with E-state index in [-0.39, 0.29) is 29.1 Å². The van der Waals surface area contributed by atoms with Crippen LogP contribution in [0.15, 0.2) is 23.5 Å². The van der Waals surface area contributed by atoms with Crippen molar-refractivity contribution in [2.75, 3.05) is 7.11 Å². The van der Waals surface area contributed by atoms with Gasteiger partial charge in [0.2, 0.25) is 5.78 Å². The molecule has 0 saturated heterocycles. The summed E-state index contributed by atoms with van der Waals surface area (Å²) in [5, 5.41) is 10.2. The van der Waals surface area contributed by atoms with Gasteiger partial charge in [-0.1, -0.05) is 12.2 Å². The van der Waals surface area contributed by atoms with E-state index in [1.165, 1.54) is 13.5 Å². The van der Waals surface area contributed by atoms with Gasteiger partial charge in [0.1, 0.15) is 5.92 Å². The second kappa shape index (κ2) is 4.54. The summed E-state index contributed by atoms with van der Waals surface area (Å²) in [5.41, 5.74) is 0.160. The van der Waals surface area contributed by atoms with E-state index in [1.54, 1.807) is 0 Å². The Morgan fingerprint density at radius 3 is 2.64 bits per heavy atom. The minimum Gasteiger partial charge on any atom is -0.504 e. The number of aliphatic hydroxyl groups excluding tert-OH is 1. The number of allylic oxidation sites excluding steroid dienone is 4. The van der Waals surface area contributed by atoms with E-state index in [4.69, 9.17) is 0 Å². The third-order valence-corrected chi connectivity index (χ3v) is 5.48. The maximum atomic E-state index is 12.8. The number of hydrogen-bond donors (Lipinski definition) is 1. The molecule has 0 aromatic carbocycles. The van der Waals surface area contributed by atoms with Gasteiger partial charge in [-0.2, -0.15) is 0 Å². The van der Waals surface area contributed by atoms with E-state index in [1.807, 2.05) is 6.42 Å². The smallest absolute Gasteiger partial charge is 0.317 e. The maximum absolute atomic E-state index is 12.8. The van der Waals surface area contributed by atoms with Crippen LogP contribution in [0.5, 0.6) is 0 Å². The summed E-state index contributed by atoms with van der Waals surface area (Å²) in [6, 6.07) is 0. The van der Waals surface area contributed by atoms with Crippen LogP contribution in [0.4, 0.5) is 0 Å². The lowest BCUT2D eigenvalue weighted by molar-refractivity contribution is -0.148. The minimum atomic E-state index is -1.13. The van der Waals surface area contributed by atoms with Gasteiger partial charge in [-0.05, 0) is 42.9 Å². The third kappa shape index (κ3) is 1.62. The molecular weight excluding hydrogens is 284 g/mol. The highest BCUT2D eigenvalue weighted by atomic mass is 16.5. The number of carbonyl (C=O) groups is 3. The fraction of sp³-hybridized carbons (Fsp3) is 0.471. The van der Waals surface area contributed by atoms with Crippen LogP contribution in [-0.4, -0.2) is 29.8 Å². The molecule has 22 heavy (non-hydrogen) atoms. The van der Waals surface area contributed by atoms with Gasteiger partial charge in [0.15, 0.2) is 11.5 Å². The number of ether oxygens (including phenoxy) is 1. The first-order valence-electron chi connectivity index (χ1n) is 7.50. The van der Waals surface area contributed by atoms with Gasteiger partial charge >= 0.3 is 5.97 Å². The van der Waals surface area contributed by atoms with Gasteiger partial charge in [-0.15, -0.1) is 0 Å². The molecule has 0 heterocycles. The molecule has 0 spiro atoms. The van der Waals surface area contributed by atoms with E-state index in [9.17, 15) is 19.5 Å². The molecule has 0 amide bonds. The Hall–Kier alpha value is -1.91. The van der Waals surface area contributed by atoms with Gasteiger partial charge in [0, 0.05) is 11.5 Å². The monoisotopic (exact) mass is 300 g/mol. The Morgan fingerprint density at radius 2 is 1.91 bits per heavy atom. The van der Waals surface area contributed by atoms with Crippen molar-refractivity contribution in [3.8, 4) is 0 Å². The van der Waals surface area contributed by atoms with Crippen molar-refractivity contribution in [1.82, 2.24) is 0 Å². The van der Waals surface area contributed by atoms with E-state index >= 15 is 0 Å². The summed E-state index contributed by atoms with van der Waals surface area (Å²) in [6.45, 7) is 0. The van der Waals surface area contributed by atoms with Crippen LogP contribution in [0.2, 0.25) is 0 Å². The summed E-state index contributed by atoms with van der Waals surface area (Å²) in [7, 11) is 1.20. The van der Waals surface area contributed by atoms with Crippen molar-refractivity contribution >= 4 is 17.5 Å². The van der Waals surface area contributed by atoms with Crippen LogP contribution < -0.4 is 0 Å². The quantitative estimate of drug-likeness (QED) is 0.447. The van der Waals surface area contributed by atoms with Gasteiger partial charge in [-0.3, -0.25) is 14.4 Å². The average Bonchev–Trinajstić information content (AvgIpc) is 3.11. The second-order valence-corrected chi connectivity index (χ2v) is 6.45. The first-order chi connectivity index (χ1) is 10.5. The van der Waals surface area contributed by atoms with Crippen LogP contribution in [0.25, 0.3) is 0 Å². The fourth-order valence-electron chi connectivity index (χ4n) is 4.49. The second-order valence-electron chi connectivity index (χ2n) is 6.45. The number of aliphatic hydroxyl groups is 1. The van der Waals surface area contributed by atoms with Crippen LogP contribution in [0, 0.1) is 48.3 Å². The highest BCUT2D eigenvalue weighted by Crippen LogP contribution is 2.56. The zero-order valence-electron chi connectivity index (χ0n) is 12.1. The fourth-order valence-corrected chi connectivity index (χ4v) is 4.49. The summed E-state index contributed by atoms with van der Waals surface area (Å²) in [4.78, 5) is 36.6. The number of ketones is 2. The maximum Gasteiger partial charge on any atom is 0.317 e. The number of Topliss-reactive ketones (excluding diaryl/α,β-unsaturated/α-hetero) is 2. The molecule has 1 N–H and O–H groups in total. The minimum absolute atomic E-state index is 0.131. The predicted molar refractivity (Wildman–Crippen MR) is 75.0 cm³/mol. The van der Waals surface area contributed by atoms with Crippen molar-refractivity contribution in [3.63, 3.8) is 0 Å². The zero-order chi connectivity index (χ0) is 15.6. The number of hydrogen-bond acceptors (Lipinski definition) is 5. The Labute approximate surface area is 128 Å². The number of methoxy groups -OCH3 is 1. The van der Waals surface area contributed by atoms with E-state index in [0.717, 1.165) is 6.42 Å². The summed E-state index contributed by atoms with van der Waals surface area (Å²) in [5.74, 6) is -3.21. The topological polar surface area (TPSA) is 80.7 Å². The molecule has 5 heteroatoms. The molecule has 2 radical (unpaired) electrons. The van der Waals surface area contributed by atoms with Crippen molar-refractivity contribution in [2.24, 2.45) is 35.5 Å². The van der Waals surface area contributed by atoms with E-state index in [0.29, 0.717) is 5.92 Å². The molecular formula is C17H16O5. The number of carbonyl (C=O) groups excluding carboxylic acids is 3. The van der Waals surface area contributed by atoms with Crippen molar-refractivity contribution in [3.05, 3.63) is 36.3 Å². The lowest BCUT2D eigenvalue weighted by Crippen LogP contribution is -2.45. The third-order valence-electron chi connectivity index (χ3n) is 5.48. The highest BCUT2D eigenvalue weighted by molar-refractivity contribution is 6.15. The zero-order valence-corrected chi connectivity index (χ0v) is 12.1. The summed E-state index contributed by atoms with van der Waals surface area (Å²) < 4.78 is 4.62. The Bertz CT molecular complexity index is 643. The summed E-state index contributed by atoms with van der Waals surface area (Å²) >= 11 is 0. The molecule has 4 rings (SSSR count). The number of fused-ring (bicyclic) bond motifs is 6. The van der Waals surface area contributed by atoms with Crippen LogP contribution in [0.3, 0.4) is 0 Å². The molecule has 2 bridgehead atoms. The number of rotatable bonds is 1. The molecule has 6 atom stereocenters. The van der Waals surface area contributed by atoms with Gasteiger partial charge in [0.25, 0.3) is 0 Å². The predicted octanol–water partition coefficient (Wildman–Crippen LogP) is 1.22. The Morgan fingerprint density at radius 1 is 1.18 bits per heavy atom. The normalized spacial score (nSPS) is 42.4.